The summed E-state index contributed by atoms with van der Waals surface area (Å²) in [5, 5.41) is 32.6. The molecule has 0 saturated heterocycles. The monoisotopic (exact) mass is 916 g/mol. The SMILES string of the molecule is COCCOc1ccc(Sc2c(O)c3c(=O)n(-c4ccccc4)c4ccccc4c3oc2=O)cc1.O=c1oc2c(c(O)c1Sc1ccc(O)cc1)c(=O)n(-c1ccccc1)c1ccccc21. The van der Waals surface area contributed by atoms with Crippen molar-refractivity contribution in [2.75, 3.05) is 20.3 Å². The van der Waals surface area contributed by atoms with Crippen LogP contribution in [0.15, 0.2) is 205 Å². The number of phenols is 1. The molecule has 3 N–H and O–H groups in total. The zero-order chi connectivity index (χ0) is 45.9. The Hall–Kier alpha value is -7.98. The molecule has 4 aromatic heterocycles. The van der Waals surface area contributed by atoms with Gasteiger partial charge in [0.25, 0.3) is 11.1 Å². The molecule has 0 amide bonds. The number of benzene rings is 6. The summed E-state index contributed by atoms with van der Waals surface area (Å²) in [4.78, 5) is 53.9. The van der Waals surface area contributed by atoms with Gasteiger partial charge in [0, 0.05) is 39.0 Å². The summed E-state index contributed by atoms with van der Waals surface area (Å²) in [6, 6.07) is 45.6. The van der Waals surface area contributed by atoms with Gasteiger partial charge in [-0.05, 0) is 97.1 Å². The number of ether oxygens (including phenoxy) is 2. The molecule has 13 nitrogen and oxygen atoms in total. The third-order valence-electron chi connectivity index (χ3n) is 10.4. The second kappa shape index (κ2) is 18.6. The number of pyridine rings is 2. The van der Waals surface area contributed by atoms with E-state index in [1.165, 1.54) is 21.3 Å². The smallest absolute Gasteiger partial charge is 0.354 e. The molecular weight excluding hydrogens is 881 g/mol. The summed E-state index contributed by atoms with van der Waals surface area (Å²) < 4.78 is 24.7. The molecule has 0 unspecified atom stereocenters. The van der Waals surface area contributed by atoms with E-state index in [-0.39, 0.29) is 37.5 Å². The number of aromatic hydroxyl groups is 3. The Morgan fingerprint density at radius 3 is 1.35 bits per heavy atom. The molecule has 10 rings (SSSR count). The van der Waals surface area contributed by atoms with Crippen LogP contribution in [0.25, 0.3) is 55.1 Å². The number of methoxy groups -OCH3 is 1. The van der Waals surface area contributed by atoms with Gasteiger partial charge in [0.15, 0.2) is 22.7 Å². The van der Waals surface area contributed by atoms with Crippen LogP contribution >= 0.6 is 23.5 Å². The number of rotatable bonds is 10. The lowest BCUT2D eigenvalue weighted by atomic mass is 10.1. The molecule has 6 aromatic carbocycles. The van der Waals surface area contributed by atoms with Gasteiger partial charge in [-0.3, -0.25) is 18.7 Å². The number of para-hydroxylation sites is 4. The minimum absolute atomic E-state index is 0.0466. The van der Waals surface area contributed by atoms with Crippen LogP contribution in [0.2, 0.25) is 0 Å². The zero-order valence-corrected chi connectivity index (χ0v) is 36.4. The van der Waals surface area contributed by atoms with E-state index in [0.717, 1.165) is 23.5 Å². The maximum atomic E-state index is 13.7. The first kappa shape index (κ1) is 43.3. The standard InChI is InChI=1S/C27H21NO6S.C24H15NO5S/c1-32-15-16-33-18-11-13-19(14-12-18)35-25-23(29)22-24(34-27(25)31)20-9-5-6-10-21(20)28(26(22)30)17-7-3-2-4-8-17;26-15-10-12-16(13-11-15)31-22-20(27)19-21(30-24(22)29)17-8-4-5-9-18(17)25(23(19)28)14-6-2-1-3-7-14/h2-14,29H,15-16H2,1H3;1-13,26-27H. The lowest BCUT2D eigenvalue weighted by Gasteiger charge is -2.14. The van der Waals surface area contributed by atoms with Gasteiger partial charge in [-0.2, -0.15) is 0 Å². The highest BCUT2D eigenvalue weighted by Gasteiger charge is 2.24. The van der Waals surface area contributed by atoms with Gasteiger partial charge >= 0.3 is 11.3 Å². The average molecular weight is 917 g/mol. The van der Waals surface area contributed by atoms with Gasteiger partial charge in [0.05, 0.1) is 17.6 Å². The Morgan fingerprint density at radius 1 is 0.500 bits per heavy atom. The second-order valence-electron chi connectivity index (χ2n) is 14.5. The van der Waals surface area contributed by atoms with Crippen molar-refractivity contribution in [1.82, 2.24) is 9.13 Å². The summed E-state index contributed by atoms with van der Waals surface area (Å²) >= 11 is 1.99. The van der Waals surface area contributed by atoms with Gasteiger partial charge in [-0.15, -0.1) is 0 Å². The Bertz CT molecular complexity index is 3670. The topological polar surface area (TPSA) is 184 Å². The van der Waals surface area contributed by atoms with E-state index in [9.17, 15) is 34.5 Å². The molecule has 0 saturated carbocycles. The van der Waals surface area contributed by atoms with Crippen LogP contribution in [-0.2, 0) is 4.74 Å². The minimum Gasteiger partial charge on any atom is -0.508 e. The van der Waals surface area contributed by atoms with Crippen molar-refractivity contribution in [2.24, 2.45) is 0 Å². The highest BCUT2D eigenvalue weighted by Crippen LogP contribution is 2.39. The van der Waals surface area contributed by atoms with E-state index in [4.69, 9.17) is 18.3 Å². The van der Waals surface area contributed by atoms with Crippen molar-refractivity contribution in [2.45, 2.75) is 19.6 Å². The van der Waals surface area contributed by atoms with Crippen LogP contribution in [0.4, 0.5) is 0 Å². The summed E-state index contributed by atoms with van der Waals surface area (Å²) in [6.45, 7) is 0.886. The summed E-state index contributed by atoms with van der Waals surface area (Å²) in [5.41, 5.74) is 0.0762. The van der Waals surface area contributed by atoms with E-state index in [1.54, 1.807) is 104 Å². The van der Waals surface area contributed by atoms with Crippen molar-refractivity contribution in [3.05, 3.63) is 199 Å². The van der Waals surface area contributed by atoms with Gasteiger partial charge in [-0.25, -0.2) is 9.59 Å². The first-order valence-corrected chi connectivity index (χ1v) is 21.9. The van der Waals surface area contributed by atoms with Crippen molar-refractivity contribution in [3.8, 4) is 34.4 Å². The van der Waals surface area contributed by atoms with Crippen molar-refractivity contribution >= 4 is 67.3 Å². The number of phenolic OH excluding ortho intramolecular Hbond substituents is 1. The Kier molecular flexibility index (Phi) is 12.2. The fraction of sp³-hybridized carbons (Fsp3) is 0.0588. The Morgan fingerprint density at radius 2 is 0.909 bits per heavy atom. The fourth-order valence-corrected chi connectivity index (χ4v) is 9.06. The molecule has 0 bridgehead atoms. The number of aromatic nitrogens is 2. The van der Waals surface area contributed by atoms with Gasteiger partial charge in [-0.1, -0.05) is 84.2 Å². The molecule has 0 aliphatic heterocycles. The molecule has 0 aliphatic carbocycles. The number of fused-ring (bicyclic) bond motifs is 6. The maximum absolute atomic E-state index is 13.7. The molecule has 4 heterocycles. The van der Waals surface area contributed by atoms with E-state index < -0.39 is 33.9 Å². The van der Waals surface area contributed by atoms with E-state index in [1.807, 2.05) is 48.5 Å². The molecule has 328 valence electrons. The zero-order valence-electron chi connectivity index (χ0n) is 34.7. The number of nitrogens with zero attached hydrogens (tertiary/aromatic N) is 2. The lowest BCUT2D eigenvalue weighted by molar-refractivity contribution is 0.146. The largest absolute Gasteiger partial charge is 0.508 e. The Labute approximate surface area is 382 Å². The highest BCUT2D eigenvalue weighted by molar-refractivity contribution is 7.99. The molecule has 0 radical (unpaired) electrons. The second-order valence-corrected chi connectivity index (χ2v) is 16.7. The quantitative estimate of drug-likeness (QED) is 0.0872. The van der Waals surface area contributed by atoms with Gasteiger partial charge in [0.2, 0.25) is 0 Å². The van der Waals surface area contributed by atoms with Crippen LogP contribution in [0.1, 0.15) is 0 Å². The predicted molar refractivity (Wildman–Crippen MR) is 255 cm³/mol. The summed E-state index contributed by atoms with van der Waals surface area (Å²) in [6.07, 6.45) is 0. The first-order valence-electron chi connectivity index (χ1n) is 20.3. The van der Waals surface area contributed by atoms with Crippen LogP contribution in [0.3, 0.4) is 0 Å². The van der Waals surface area contributed by atoms with Gasteiger partial charge < -0.3 is 33.6 Å². The third kappa shape index (κ3) is 8.29. The lowest BCUT2D eigenvalue weighted by Crippen LogP contribution is -2.20. The molecule has 66 heavy (non-hydrogen) atoms. The van der Waals surface area contributed by atoms with Crippen molar-refractivity contribution in [3.63, 3.8) is 0 Å². The fourth-order valence-electron chi connectivity index (χ4n) is 7.40. The maximum Gasteiger partial charge on any atom is 0.354 e. The van der Waals surface area contributed by atoms with Crippen LogP contribution in [-0.4, -0.2) is 44.8 Å². The van der Waals surface area contributed by atoms with Crippen molar-refractivity contribution < 1.29 is 33.6 Å². The van der Waals surface area contributed by atoms with Crippen molar-refractivity contribution in [1.29, 1.82) is 0 Å². The molecule has 0 fully saturated rings. The highest BCUT2D eigenvalue weighted by atomic mass is 32.2. The van der Waals surface area contributed by atoms with Crippen LogP contribution in [0.5, 0.6) is 23.0 Å². The number of hydrogen-bond acceptors (Lipinski definition) is 13. The van der Waals surface area contributed by atoms with E-state index in [0.29, 0.717) is 61.9 Å². The minimum atomic E-state index is -0.745. The molecule has 0 spiro atoms. The van der Waals surface area contributed by atoms with E-state index in [2.05, 4.69) is 0 Å². The molecule has 10 aromatic rings. The molecule has 0 atom stereocenters. The number of hydrogen-bond donors (Lipinski definition) is 3. The Balaban J connectivity index is 0.000000167. The predicted octanol–water partition coefficient (Wildman–Crippen LogP) is 9.64. The summed E-state index contributed by atoms with van der Waals surface area (Å²) in [7, 11) is 1.60. The van der Waals surface area contributed by atoms with Crippen LogP contribution in [0, 0.1) is 0 Å². The normalized spacial score (nSPS) is 11.2. The molecule has 0 aliphatic rings. The van der Waals surface area contributed by atoms with Gasteiger partial charge in [0.1, 0.15) is 38.7 Å². The van der Waals surface area contributed by atoms with E-state index >= 15 is 0 Å². The first-order chi connectivity index (χ1) is 32.1. The third-order valence-corrected chi connectivity index (χ3v) is 12.6. The summed E-state index contributed by atoms with van der Waals surface area (Å²) in [5.74, 6) is -0.0958. The molecule has 15 heteroatoms. The molecular formula is C51H36N2O11S2. The van der Waals surface area contributed by atoms with Crippen LogP contribution < -0.4 is 27.1 Å². The average Bonchev–Trinajstić information content (AvgIpc) is 3.33.